The lowest BCUT2D eigenvalue weighted by Gasteiger charge is -2.50. The molecule has 2 spiro atoms. The number of hydrogen-bond acceptors (Lipinski definition) is 8. The van der Waals surface area contributed by atoms with E-state index in [1.165, 1.54) is 11.1 Å². The molecule has 0 radical (unpaired) electrons. The zero-order valence-corrected chi connectivity index (χ0v) is 31.9. The van der Waals surface area contributed by atoms with Crippen molar-refractivity contribution in [2.75, 3.05) is 46.9 Å². The van der Waals surface area contributed by atoms with Gasteiger partial charge in [0, 0.05) is 96.4 Å². The van der Waals surface area contributed by atoms with Crippen molar-refractivity contribution in [1.82, 2.24) is 30.4 Å². The molecule has 10 nitrogen and oxygen atoms in total. The second-order valence-electron chi connectivity index (χ2n) is 16.2. The fourth-order valence-electron chi connectivity index (χ4n) is 10.3. The van der Waals surface area contributed by atoms with Crippen molar-refractivity contribution in [3.05, 3.63) is 80.8 Å². The number of carbonyl (C=O) groups is 2. The molecule has 6 heterocycles. The number of ether oxygens (including phenoxy) is 2. The molecule has 0 saturated carbocycles. The van der Waals surface area contributed by atoms with E-state index in [9.17, 15) is 9.59 Å². The summed E-state index contributed by atoms with van der Waals surface area (Å²) in [7, 11) is 3.36. The van der Waals surface area contributed by atoms with E-state index < -0.39 is 0 Å². The van der Waals surface area contributed by atoms with Gasteiger partial charge in [0.1, 0.15) is 0 Å². The van der Waals surface area contributed by atoms with E-state index in [2.05, 4.69) is 32.6 Å². The molecule has 4 aromatic rings. The van der Waals surface area contributed by atoms with Crippen molar-refractivity contribution in [2.24, 2.45) is 5.41 Å². The number of nitrogens with one attached hydrogen (secondary N) is 2. The van der Waals surface area contributed by atoms with E-state index in [4.69, 9.17) is 42.6 Å². The highest BCUT2D eigenvalue weighted by atomic mass is 35.5. The lowest BCUT2D eigenvalue weighted by atomic mass is 9.77. The lowest BCUT2D eigenvalue weighted by molar-refractivity contribution is -0.121. The van der Waals surface area contributed by atoms with Gasteiger partial charge in [-0.05, 0) is 55.4 Å². The monoisotopic (exact) mass is 764 g/mol. The maximum Gasteiger partial charge on any atom is 0.220 e. The van der Waals surface area contributed by atoms with Gasteiger partial charge in [0.15, 0.2) is 0 Å². The largest absolute Gasteiger partial charge is 0.481 e. The number of fused-ring (bicyclic) bond motifs is 2. The van der Waals surface area contributed by atoms with Gasteiger partial charge in [-0.2, -0.15) is 0 Å². The summed E-state index contributed by atoms with van der Waals surface area (Å²) in [5.41, 5.74) is 9.49. The molecule has 4 aliphatic heterocycles. The summed E-state index contributed by atoms with van der Waals surface area (Å²) < 4.78 is 11.9. The van der Waals surface area contributed by atoms with Gasteiger partial charge in [0.2, 0.25) is 23.6 Å². The highest BCUT2D eigenvalue weighted by Gasteiger charge is 2.52. The highest BCUT2D eigenvalue weighted by Crippen LogP contribution is 2.51. The van der Waals surface area contributed by atoms with E-state index in [-0.39, 0.29) is 34.9 Å². The van der Waals surface area contributed by atoms with Crippen LogP contribution < -0.4 is 20.1 Å². The number of carbonyl (C=O) groups excluding carboxylic acids is 2. The Morgan fingerprint density at radius 2 is 1.24 bits per heavy atom. The van der Waals surface area contributed by atoms with E-state index in [0.29, 0.717) is 34.6 Å². The van der Waals surface area contributed by atoms with Gasteiger partial charge in [0.25, 0.3) is 0 Å². The van der Waals surface area contributed by atoms with Gasteiger partial charge >= 0.3 is 0 Å². The summed E-state index contributed by atoms with van der Waals surface area (Å²) >= 11 is 14.6. The lowest BCUT2D eigenvalue weighted by Crippen LogP contribution is -2.67. The molecular weight excluding hydrogens is 723 g/mol. The van der Waals surface area contributed by atoms with Crippen LogP contribution in [0, 0.1) is 5.41 Å². The number of pyridine rings is 2. The molecule has 2 aromatic heterocycles. The molecule has 2 atom stereocenters. The maximum atomic E-state index is 11.9. The number of halogens is 2. The number of methoxy groups -OCH3 is 2. The first kappa shape index (κ1) is 34.3. The van der Waals surface area contributed by atoms with Gasteiger partial charge < -0.3 is 20.1 Å². The van der Waals surface area contributed by atoms with Crippen LogP contribution in [0.4, 0.5) is 0 Å². The second kappa shape index (κ2) is 12.7. The fourth-order valence-corrected chi connectivity index (χ4v) is 11.0. The van der Waals surface area contributed by atoms with Crippen molar-refractivity contribution in [3.8, 4) is 45.4 Å². The molecular formula is C42H42Cl2N6O4. The van der Waals surface area contributed by atoms with Crippen LogP contribution in [0.3, 0.4) is 0 Å². The van der Waals surface area contributed by atoms with Crippen LogP contribution in [0.5, 0.6) is 11.8 Å². The quantitative estimate of drug-likeness (QED) is 0.218. The van der Waals surface area contributed by atoms with E-state index in [1.807, 2.05) is 36.4 Å². The summed E-state index contributed by atoms with van der Waals surface area (Å²) in [5.74, 6) is 1.57. The van der Waals surface area contributed by atoms with Crippen LogP contribution in [-0.4, -0.2) is 84.1 Å². The third kappa shape index (κ3) is 5.35. The van der Waals surface area contributed by atoms with Gasteiger partial charge in [0.05, 0.1) is 41.2 Å². The molecule has 12 heteroatoms. The number of hydrogen-bond donors (Lipinski definition) is 2. The summed E-state index contributed by atoms with van der Waals surface area (Å²) in [4.78, 5) is 38.9. The Labute approximate surface area is 324 Å². The molecule has 54 heavy (non-hydrogen) atoms. The SMILES string of the molecule is COc1nc(-c2cccc(-c3cccc(-c4cc5c(c(OC)n4)[C@@H](N4CC6(CCC(=O)N6)C4)CC5)c3Cl)c2Cl)cc2c1C(N1CC3(CNC(=O)C3)C1)CC2. The molecule has 2 aliphatic carbocycles. The molecule has 278 valence electrons. The first-order chi connectivity index (χ1) is 26.2. The van der Waals surface area contributed by atoms with Crippen LogP contribution in [0.2, 0.25) is 10.0 Å². The molecule has 10 rings (SSSR count). The van der Waals surface area contributed by atoms with Crippen LogP contribution in [0.15, 0.2) is 48.5 Å². The Morgan fingerprint density at radius 1 is 0.722 bits per heavy atom. The van der Waals surface area contributed by atoms with Crippen molar-refractivity contribution in [2.45, 2.75) is 62.6 Å². The molecule has 4 saturated heterocycles. The van der Waals surface area contributed by atoms with Crippen molar-refractivity contribution in [1.29, 1.82) is 0 Å². The molecule has 2 amide bonds. The Bertz CT molecular complexity index is 2090. The Morgan fingerprint density at radius 3 is 1.70 bits per heavy atom. The number of likely N-dealkylation sites (tertiary alicyclic amines) is 2. The molecule has 2 N–H and O–H groups in total. The average Bonchev–Trinajstić information content (AvgIpc) is 3.95. The maximum absolute atomic E-state index is 11.9. The Kier molecular flexibility index (Phi) is 8.04. The normalized spacial score (nSPS) is 23.6. The summed E-state index contributed by atoms with van der Waals surface area (Å²) in [6.45, 7) is 4.29. The number of aryl methyl sites for hydroxylation is 2. The number of rotatable bonds is 7. The number of aromatic nitrogens is 2. The van der Waals surface area contributed by atoms with Crippen LogP contribution in [-0.2, 0) is 22.4 Å². The molecule has 2 aromatic carbocycles. The van der Waals surface area contributed by atoms with Gasteiger partial charge in [-0.1, -0.05) is 59.6 Å². The number of nitrogens with zero attached hydrogens (tertiary/aromatic N) is 4. The molecule has 4 fully saturated rings. The van der Waals surface area contributed by atoms with Crippen LogP contribution >= 0.6 is 23.2 Å². The predicted octanol–water partition coefficient (Wildman–Crippen LogP) is 6.56. The van der Waals surface area contributed by atoms with Crippen LogP contribution in [0.25, 0.3) is 33.6 Å². The first-order valence-electron chi connectivity index (χ1n) is 19.0. The minimum absolute atomic E-state index is 0.0633. The summed E-state index contributed by atoms with van der Waals surface area (Å²) in [5, 5.41) is 7.35. The van der Waals surface area contributed by atoms with Crippen molar-refractivity contribution in [3.63, 3.8) is 0 Å². The highest BCUT2D eigenvalue weighted by molar-refractivity contribution is 6.39. The first-order valence-corrected chi connectivity index (χ1v) is 19.7. The molecule has 0 bridgehead atoms. The topological polar surface area (TPSA) is 109 Å². The zero-order chi connectivity index (χ0) is 36.9. The molecule has 1 unspecified atom stereocenters. The van der Waals surface area contributed by atoms with E-state index in [1.54, 1.807) is 14.2 Å². The van der Waals surface area contributed by atoms with Crippen LogP contribution in [0.1, 0.15) is 66.4 Å². The zero-order valence-electron chi connectivity index (χ0n) is 30.4. The Hall–Kier alpha value is -4.22. The Balaban J connectivity index is 0.937. The fraction of sp³-hybridized carbons (Fsp3) is 0.429. The minimum Gasteiger partial charge on any atom is -0.481 e. The molecule has 6 aliphatic rings. The minimum atomic E-state index is -0.0755. The van der Waals surface area contributed by atoms with Crippen molar-refractivity contribution < 1.29 is 19.1 Å². The van der Waals surface area contributed by atoms with Gasteiger partial charge in [-0.15, -0.1) is 0 Å². The third-order valence-corrected chi connectivity index (χ3v) is 13.7. The number of benzene rings is 2. The second-order valence-corrected chi connectivity index (χ2v) is 17.0. The van der Waals surface area contributed by atoms with E-state index >= 15 is 0 Å². The van der Waals surface area contributed by atoms with E-state index in [0.717, 1.165) is 110 Å². The average molecular weight is 766 g/mol. The standard InChI is InChI=1S/C42H42Cl2N6O4/c1-53-39-35-23(9-11-31(35)49-19-41(20-49)17-34(52)45-18-41)15-29(46-39)27-7-3-5-25(37(27)43)26-6-4-8-28(38(26)44)30-16-24-10-12-32(36(24)40(47-30)54-2)50-21-42(22-50)14-13-33(51)48-42/h3-8,15-16,31-32H,9-14,17-22H2,1-2H3,(H,45,52)(H,48,51)/t31?,32-/m0/s1. The van der Waals surface area contributed by atoms with Crippen molar-refractivity contribution >= 4 is 35.0 Å². The van der Waals surface area contributed by atoms with Gasteiger partial charge in [-0.3, -0.25) is 19.4 Å². The smallest absolute Gasteiger partial charge is 0.220 e. The third-order valence-electron chi connectivity index (χ3n) is 12.9. The summed E-state index contributed by atoms with van der Waals surface area (Å²) in [6, 6.07) is 16.7. The summed E-state index contributed by atoms with van der Waals surface area (Å²) in [6.07, 6.45) is 5.95. The number of amides is 2. The van der Waals surface area contributed by atoms with Gasteiger partial charge in [-0.25, -0.2) is 9.97 Å². The predicted molar refractivity (Wildman–Crippen MR) is 207 cm³/mol.